The first-order chi connectivity index (χ1) is 11.3. The lowest BCUT2D eigenvalue weighted by Crippen LogP contribution is -2.59. The first kappa shape index (κ1) is 14.5. The Morgan fingerprint density at radius 3 is 3.22 bits per heavy atom. The van der Waals surface area contributed by atoms with Gasteiger partial charge in [-0.3, -0.25) is 4.98 Å². The molecular formula is C18H21N3O2. The van der Waals surface area contributed by atoms with Crippen LogP contribution in [0.25, 0.3) is 10.9 Å². The monoisotopic (exact) mass is 311 g/mol. The molecule has 5 heteroatoms. The topological polar surface area (TPSA) is 63.2 Å². The van der Waals surface area contributed by atoms with Crippen molar-refractivity contribution in [2.75, 3.05) is 6.61 Å². The lowest BCUT2D eigenvalue weighted by atomic mass is 9.72. The second kappa shape index (κ2) is 6.16. The molecule has 1 saturated carbocycles. The molecule has 4 rings (SSSR count). The van der Waals surface area contributed by atoms with Gasteiger partial charge >= 0.3 is 6.03 Å². The minimum Gasteiger partial charge on any atom is -0.378 e. The predicted octanol–water partition coefficient (Wildman–Crippen LogP) is 2.60. The van der Waals surface area contributed by atoms with E-state index in [9.17, 15) is 4.79 Å². The Morgan fingerprint density at radius 1 is 1.35 bits per heavy atom. The molecule has 1 aliphatic carbocycles. The molecule has 2 amide bonds. The van der Waals surface area contributed by atoms with Crippen LogP contribution in [0.3, 0.4) is 0 Å². The van der Waals surface area contributed by atoms with Crippen molar-refractivity contribution in [3.05, 3.63) is 42.1 Å². The van der Waals surface area contributed by atoms with E-state index in [2.05, 4.69) is 21.7 Å². The lowest BCUT2D eigenvalue weighted by molar-refractivity contribution is -0.0999. The van der Waals surface area contributed by atoms with Crippen molar-refractivity contribution in [2.24, 2.45) is 5.92 Å². The summed E-state index contributed by atoms with van der Waals surface area (Å²) in [6.45, 7) is 1.39. The number of nitrogens with one attached hydrogen (secondary N) is 2. The average Bonchev–Trinajstić information content (AvgIpc) is 2.58. The molecule has 2 fully saturated rings. The molecule has 0 spiro atoms. The first-order valence-electron chi connectivity index (χ1n) is 8.29. The first-order valence-corrected chi connectivity index (χ1v) is 8.29. The van der Waals surface area contributed by atoms with E-state index >= 15 is 0 Å². The Kier molecular flexibility index (Phi) is 3.87. The van der Waals surface area contributed by atoms with Gasteiger partial charge in [-0.05, 0) is 43.0 Å². The van der Waals surface area contributed by atoms with Gasteiger partial charge in [0.2, 0.25) is 0 Å². The van der Waals surface area contributed by atoms with Crippen LogP contribution >= 0.6 is 0 Å². The Morgan fingerprint density at radius 2 is 2.30 bits per heavy atom. The van der Waals surface area contributed by atoms with Gasteiger partial charge in [-0.2, -0.15) is 0 Å². The van der Waals surface area contributed by atoms with Gasteiger partial charge in [0.1, 0.15) is 0 Å². The molecular weight excluding hydrogens is 290 g/mol. The number of fused-ring (bicyclic) bond motifs is 2. The number of hydrogen-bond acceptors (Lipinski definition) is 3. The van der Waals surface area contributed by atoms with Gasteiger partial charge in [-0.1, -0.05) is 12.1 Å². The Hall–Kier alpha value is -2.14. The average molecular weight is 311 g/mol. The van der Waals surface area contributed by atoms with Crippen molar-refractivity contribution < 1.29 is 9.53 Å². The summed E-state index contributed by atoms with van der Waals surface area (Å²) in [4.78, 5) is 16.4. The Balaban J connectivity index is 1.30. The fraction of sp³-hybridized carbons (Fsp3) is 0.444. The molecule has 120 valence electrons. The van der Waals surface area contributed by atoms with Crippen molar-refractivity contribution in [3.8, 4) is 0 Å². The lowest BCUT2D eigenvalue weighted by Gasteiger charge is -2.47. The molecule has 2 N–H and O–H groups in total. The molecule has 3 atom stereocenters. The zero-order valence-electron chi connectivity index (χ0n) is 13.0. The molecule has 2 heterocycles. The number of amides is 2. The van der Waals surface area contributed by atoms with Gasteiger partial charge in [0.25, 0.3) is 0 Å². The standard InChI is InChI=1S/C18H21N3O2/c22-18(21-16-10-17-14(16)4-2-8-23-17)20-11-12-5-6-15-13(9-12)3-1-7-19-15/h1,3,5-7,9,14,16-17H,2,4,8,10-11H2,(H2,20,21,22)/t14-,16-,17+/m1/s1. The van der Waals surface area contributed by atoms with Gasteiger partial charge in [0.15, 0.2) is 0 Å². The summed E-state index contributed by atoms with van der Waals surface area (Å²) in [5.41, 5.74) is 2.05. The molecule has 1 aliphatic heterocycles. The second-order valence-corrected chi connectivity index (χ2v) is 6.41. The fourth-order valence-electron chi connectivity index (χ4n) is 3.60. The van der Waals surface area contributed by atoms with Crippen LogP contribution in [0.2, 0.25) is 0 Å². The third-order valence-corrected chi connectivity index (χ3v) is 4.93. The highest BCUT2D eigenvalue weighted by Gasteiger charge is 2.43. The van der Waals surface area contributed by atoms with Crippen LogP contribution < -0.4 is 10.6 Å². The smallest absolute Gasteiger partial charge is 0.315 e. The number of pyridine rings is 1. The predicted molar refractivity (Wildman–Crippen MR) is 88.0 cm³/mol. The van der Waals surface area contributed by atoms with E-state index in [1.165, 1.54) is 0 Å². The van der Waals surface area contributed by atoms with Gasteiger partial charge in [0, 0.05) is 36.7 Å². The van der Waals surface area contributed by atoms with Crippen LogP contribution in [0.4, 0.5) is 4.79 Å². The summed E-state index contributed by atoms with van der Waals surface area (Å²) in [7, 11) is 0. The van der Waals surface area contributed by atoms with Gasteiger partial charge < -0.3 is 15.4 Å². The number of benzene rings is 1. The number of carbonyl (C=O) groups is 1. The number of carbonyl (C=O) groups excluding carboxylic acids is 1. The van der Waals surface area contributed by atoms with Crippen LogP contribution in [-0.4, -0.2) is 29.8 Å². The van der Waals surface area contributed by atoms with Crippen molar-refractivity contribution in [2.45, 2.75) is 38.0 Å². The minimum absolute atomic E-state index is 0.0923. The summed E-state index contributed by atoms with van der Waals surface area (Å²) in [6.07, 6.45) is 5.36. The molecule has 2 aliphatic rings. The highest BCUT2D eigenvalue weighted by molar-refractivity contribution is 5.79. The van der Waals surface area contributed by atoms with E-state index in [-0.39, 0.29) is 12.1 Å². The van der Waals surface area contributed by atoms with Crippen molar-refractivity contribution in [1.82, 2.24) is 15.6 Å². The van der Waals surface area contributed by atoms with Crippen LogP contribution in [0, 0.1) is 5.92 Å². The van der Waals surface area contributed by atoms with Gasteiger partial charge in [-0.15, -0.1) is 0 Å². The van der Waals surface area contributed by atoms with Crippen molar-refractivity contribution >= 4 is 16.9 Å². The molecule has 2 aromatic rings. The zero-order valence-corrected chi connectivity index (χ0v) is 13.0. The number of nitrogens with zero attached hydrogens (tertiary/aromatic N) is 1. The van der Waals surface area contributed by atoms with E-state index < -0.39 is 0 Å². The van der Waals surface area contributed by atoms with Gasteiger partial charge in [-0.25, -0.2) is 4.79 Å². The number of urea groups is 1. The summed E-state index contributed by atoms with van der Waals surface area (Å²) < 4.78 is 5.68. The largest absolute Gasteiger partial charge is 0.378 e. The molecule has 1 aromatic carbocycles. The van der Waals surface area contributed by atoms with E-state index in [1.54, 1.807) is 6.20 Å². The summed E-state index contributed by atoms with van der Waals surface area (Å²) in [5, 5.41) is 7.12. The minimum atomic E-state index is -0.0923. The summed E-state index contributed by atoms with van der Waals surface area (Å²) in [6, 6.07) is 10.2. The SMILES string of the molecule is O=C(NCc1ccc2ncccc2c1)N[C@@H]1C[C@@H]2OCCC[C@@H]21. The van der Waals surface area contributed by atoms with Crippen molar-refractivity contribution in [1.29, 1.82) is 0 Å². The maximum Gasteiger partial charge on any atom is 0.315 e. The molecule has 23 heavy (non-hydrogen) atoms. The van der Waals surface area contributed by atoms with E-state index in [4.69, 9.17) is 4.74 Å². The number of aromatic nitrogens is 1. The van der Waals surface area contributed by atoms with Crippen LogP contribution in [0.5, 0.6) is 0 Å². The normalized spacial score (nSPS) is 26.2. The van der Waals surface area contributed by atoms with E-state index in [0.29, 0.717) is 18.6 Å². The fourth-order valence-corrected chi connectivity index (χ4v) is 3.60. The number of hydrogen-bond donors (Lipinski definition) is 2. The maximum absolute atomic E-state index is 12.1. The maximum atomic E-state index is 12.1. The molecule has 1 aromatic heterocycles. The summed E-state index contributed by atoms with van der Waals surface area (Å²) in [5.74, 6) is 0.501. The molecule has 1 saturated heterocycles. The summed E-state index contributed by atoms with van der Waals surface area (Å²) >= 11 is 0. The van der Waals surface area contributed by atoms with Crippen LogP contribution in [0.1, 0.15) is 24.8 Å². The third-order valence-electron chi connectivity index (χ3n) is 4.93. The second-order valence-electron chi connectivity index (χ2n) is 6.41. The highest BCUT2D eigenvalue weighted by Crippen LogP contribution is 2.37. The van der Waals surface area contributed by atoms with Gasteiger partial charge in [0.05, 0.1) is 11.6 Å². The molecule has 5 nitrogen and oxygen atoms in total. The number of ether oxygens (including phenoxy) is 1. The van der Waals surface area contributed by atoms with Crippen LogP contribution in [0.15, 0.2) is 36.5 Å². The quantitative estimate of drug-likeness (QED) is 0.916. The Bertz CT molecular complexity index is 718. The zero-order chi connectivity index (χ0) is 15.6. The van der Waals surface area contributed by atoms with E-state index in [0.717, 1.165) is 42.3 Å². The molecule has 0 radical (unpaired) electrons. The van der Waals surface area contributed by atoms with E-state index in [1.807, 2.05) is 24.3 Å². The molecule has 0 unspecified atom stereocenters. The van der Waals surface area contributed by atoms with Crippen LogP contribution in [-0.2, 0) is 11.3 Å². The highest BCUT2D eigenvalue weighted by atomic mass is 16.5. The Labute approximate surface area is 135 Å². The third kappa shape index (κ3) is 3.01. The van der Waals surface area contributed by atoms with Crippen molar-refractivity contribution in [3.63, 3.8) is 0 Å². The number of rotatable bonds is 3. The molecule has 0 bridgehead atoms.